The second kappa shape index (κ2) is 7.85. The van der Waals surface area contributed by atoms with E-state index in [1.54, 1.807) is 0 Å². The summed E-state index contributed by atoms with van der Waals surface area (Å²) >= 11 is 6.07. The van der Waals surface area contributed by atoms with E-state index in [1.807, 2.05) is 49.4 Å². The van der Waals surface area contributed by atoms with Gasteiger partial charge in [0.15, 0.2) is 0 Å². The van der Waals surface area contributed by atoms with Gasteiger partial charge in [-0.3, -0.25) is 0 Å². The van der Waals surface area contributed by atoms with E-state index in [9.17, 15) is 0 Å². The molecular weight excluding hydrogens is 356 g/mol. The quantitative estimate of drug-likeness (QED) is 0.378. The molecule has 1 aromatic heterocycles. The molecule has 0 atom stereocenters. The summed E-state index contributed by atoms with van der Waals surface area (Å²) in [7, 11) is 0. The van der Waals surface area contributed by atoms with Crippen molar-refractivity contribution in [1.29, 1.82) is 0 Å². The van der Waals surface area contributed by atoms with Crippen LogP contribution in [0.4, 0.5) is 0 Å². The highest BCUT2D eigenvalue weighted by Crippen LogP contribution is 2.25. The summed E-state index contributed by atoms with van der Waals surface area (Å²) in [5.41, 5.74) is 4.33. The lowest BCUT2D eigenvalue weighted by atomic mass is 10.2. The molecule has 0 radical (unpaired) electrons. The molecule has 0 amide bonds. The second-order valence-electron chi connectivity index (χ2n) is 6.55. The second-order valence-corrected chi connectivity index (χ2v) is 6.96. The first kappa shape index (κ1) is 17.6. The number of para-hydroxylation sites is 2. The van der Waals surface area contributed by atoms with Gasteiger partial charge in [0.2, 0.25) is 0 Å². The molecule has 4 aromatic rings. The zero-order valence-electron chi connectivity index (χ0n) is 15.2. The Morgan fingerprint density at radius 3 is 2.56 bits per heavy atom. The molecule has 0 aliphatic heterocycles. The molecule has 4 rings (SSSR count). The Kier molecular flexibility index (Phi) is 5.12. The van der Waals surface area contributed by atoms with Crippen LogP contribution in [0.25, 0.3) is 22.4 Å². The van der Waals surface area contributed by atoms with Crippen molar-refractivity contribution < 1.29 is 4.74 Å². The SMILES string of the molecule is Cc1cc(OCCCn2c(-c3ccccc3)nc3ccccc32)ccc1Cl. The third-order valence-electron chi connectivity index (χ3n) is 4.61. The maximum atomic E-state index is 6.07. The highest BCUT2D eigenvalue weighted by atomic mass is 35.5. The molecule has 0 saturated heterocycles. The third-order valence-corrected chi connectivity index (χ3v) is 5.03. The van der Waals surface area contributed by atoms with Crippen molar-refractivity contribution in [3.05, 3.63) is 83.4 Å². The smallest absolute Gasteiger partial charge is 0.141 e. The number of aromatic nitrogens is 2. The fourth-order valence-corrected chi connectivity index (χ4v) is 3.35. The van der Waals surface area contributed by atoms with E-state index in [0.717, 1.165) is 51.7 Å². The fourth-order valence-electron chi connectivity index (χ4n) is 3.23. The summed E-state index contributed by atoms with van der Waals surface area (Å²) in [6.45, 7) is 3.47. The van der Waals surface area contributed by atoms with Gasteiger partial charge in [-0.05, 0) is 49.2 Å². The molecule has 0 bridgehead atoms. The van der Waals surface area contributed by atoms with Gasteiger partial charge in [0.05, 0.1) is 17.6 Å². The number of halogens is 1. The van der Waals surface area contributed by atoms with Gasteiger partial charge in [0.25, 0.3) is 0 Å². The number of ether oxygens (including phenoxy) is 1. The Labute approximate surface area is 164 Å². The Bertz CT molecular complexity index is 1060. The molecule has 0 fully saturated rings. The summed E-state index contributed by atoms with van der Waals surface area (Å²) in [5.74, 6) is 1.86. The molecular formula is C23H21ClN2O. The van der Waals surface area contributed by atoms with E-state index in [2.05, 4.69) is 34.9 Å². The Morgan fingerprint density at radius 2 is 1.74 bits per heavy atom. The third kappa shape index (κ3) is 3.83. The molecule has 0 aliphatic carbocycles. The summed E-state index contributed by atoms with van der Waals surface area (Å²) in [6.07, 6.45) is 0.891. The Morgan fingerprint density at radius 1 is 0.963 bits per heavy atom. The van der Waals surface area contributed by atoms with Crippen LogP contribution in [0.15, 0.2) is 72.8 Å². The lowest BCUT2D eigenvalue weighted by Gasteiger charge is -2.11. The van der Waals surface area contributed by atoms with Crippen molar-refractivity contribution in [2.45, 2.75) is 19.9 Å². The van der Waals surface area contributed by atoms with Crippen molar-refractivity contribution >= 4 is 22.6 Å². The first-order chi connectivity index (χ1) is 13.2. The number of aryl methyl sites for hydroxylation is 2. The maximum Gasteiger partial charge on any atom is 0.141 e. The molecule has 1 heterocycles. The molecule has 136 valence electrons. The van der Waals surface area contributed by atoms with Crippen molar-refractivity contribution in [1.82, 2.24) is 9.55 Å². The van der Waals surface area contributed by atoms with E-state index in [1.165, 1.54) is 0 Å². The molecule has 4 heteroatoms. The van der Waals surface area contributed by atoms with Crippen LogP contribution in [0.2, 0.25) is 5.02 Å². The van der Waals surface area contributed by atoms with Crippen LogP contribution in [0.1, 0.15) is 12.0 Å². The van der Waals surface area contributed by atoms with Gasteiger partial charge < -0.3 is 9.30 Å². The largest absolute Gasteiger partial charge is 0.494 e. The van der Waals surface area contributed by atoms with Gasteiger partial charge in [-0.2, -0.15) is 0 Å². The van der Waals surface area contributed by atoms with Crippen LogP contribution in [-0.4, -0.2) is 16.2 Å². The van der Waals surface area contributed by atoms with E-state index in [0.29, 0.717) is 6.61 Å². The average molecular weight is 377 g/mol. The average Bonchev–Trinajstić information content (AvgIpc) is 3.07. The van der Waals surface area contributed by atoms with Gasteiger partial charge in [-0.25, -0.2) is 4.98 Å². The van der Waals surface area contributed by atoms with E-state index in [4.69, 9.17) is 21.3 Å². The highest BCUT2D eigenvalue weighted by molar-refractivity contribution is 6.31. The number of nitrogens with zero attached hydrogens (tertiary/aromatic N) is 2. The number of imidazole rings is 1. The van der Waals surface area contributed by atoms with Crippen molar-refractivity contribution in [2.24, 2.45) is 0 Å². The van der Waals surface area contributed by atoms with Crippen molar-refractivity contribution in [2.75, 3.05) is 6.61 Å². The molecule has 0 N–H and O–H groups in total. The maximum absolute atomic E-state index is 6.07. The topological polar surface area (TPSA) is 27.1 Å². The number of benzene rings is 3. The zero-order valence-corrected chi connectivity index (χ0v) is 16.0. The predicted molar refractivity (Wildman–Crippen MR) is 111 cm³/mol. The summed E-state index contributed by atoms with van der Waals surface area (Å²) in [5, 5.41) is 0.764. The van der Waals surface area contributed by atoms with Crippen molar-refractivity contribution in [3.8, 4) is 17.1 Å². The minimum Gasteiger partial charge on any atom is -0.494 e. The molecule has 3 aromatic carbocycles. The monoisotopic (exact) mass is 376 g/mol. The van der Waals surface area contributed by atoms with Gasteiger partial charge in [0, 0.05) is 17.1 Å². The van der Waals surface area contributed by atoms with Crippen LogP contribution < -0.4 is 4.74 Å². The minimum absolute atomic E-state index is 0.641. The van der Waals surface area contributed by atoms with Crippen LogP contribution in [0.3, 0.4) is 0 Å². The number of hydrogen-bond donors (Lipinski definition) is 0. The normalized spacial score (nSPS) is 11.0. The van der Waals surface area contributed by atoms with E-state index in [-0.39, 0.29) is 0 Å². The minimum atomic E-state index is 0.641. The summed E-state index contributed by atoms with van der Waals surface area (Å²) in [6, 6.07) is 24.4. The van der Waals surface area contributed by atoms with Gasteiger partial charge in [-0.15, -0.1) is 0 Å². The van der Waals surface area contributed by atoms with Crippen LogP contribution in [0.5, 0.6) is 5.75 Å². The van der Waals surface area contributed by atoms with E-state index < -0.39 is 0 Å². The standard InChI is InChI=1S/C23H21ClN2O/c1-17-16-19(12-13-20(17)24)27-15-7-14-26-22-11-6-5-10-21(22)25-23(26)18-8-3-2-4-9-18/h2-6,8-13,16H,7,14-15H2,1H3. The van der Waals surface area contributed by atoms with Crippen LogP contribution >= 0.6 is 11.6 Å². The summed E-state index contributed by atoms with van der Waals surface area (Å²) in [4.78, 5) is 4.85. The molecule has 3 nitrogen and oxygen atoms in total. The van der Waals surface area contributed by atoms with Crippen molar-refractivity contribution in [3.63, 3.8) is 0 Å². The molecule has 27 heavy (non-hydrogen) atoms. The Balaban J connectivity index is 1.52. The molecule has 0 aliphatic rings. The first-order valence-corrected chi connectivity index (χ1v) is 9.50. The molecule has 0 spiro atoms. The van der Waals surface area contributed by atoms with Crippen LogP contribution in [0, 0.1) is 6.92 Å². The lowest BCUT2D eigenvalue weighted by molar-refractivity contribution is 0.302. The Hall–Kier alpha value is -2.78. The van der Waals surface area contributed by atoms with E-state index >= 15 is 0 Å². The van der Waals surface area contributed by atoms with Gasteiger partial charge >= 0.3 is 0 Å². The number of rotatable bonds is 6. The van der Waals surface area contributed by atoms with Gasteiger partial charge in [0.1, 0.15) is 11.6 Å². The number of hydrogen-bond acceptors (Lipinski definition) is 2. The van der Waals surface area contributed by atoms with Gasteiger partial charge in [-0.1, -0.05) is 54.1 Å². The zero-order chi connectivity index (χ0) is 18.6. The molecule has 0 saturated carbocycles. The fraction of sp³-hybridized carbons (Fsp3) is 0.174. The predicted octanol–water partition coefficient (Wildman–Crippen LogP) is 6.13. The summed E-state index contributed by atoms with van der Waals surface area (Å²) < 4.78 is 8.18. The van der Waals surface area contributed by atoms with Crippen LogP contribution in [-0.2, 0) is 6.54 Å². The number of fused-ring (bicyclic) bond motifs is 1. The highest BCUT2D eigenvalue weighted by Gasteiger charge is 2.11. The first-order valence-electron chi connectivity index (χ1n) is 9.12. The molecule has 0 unspecified atom stereocenters. The lowest BCUT2D eigenvalue weighted by Crippen LogP contribution is -2.06.